The molecule has 10 nitrogen and oxygen atoms in total. The largest absolute Gasteiger partial charge is 0.371 e. The number of anilines is 3. The fourth-order valence-electron chi connectivity index (χ4n) is 4.22. The monoisotopic (exact) mass is 449 g/mol. The van der Waals surface area contributed by atoms with E-state index < -0.39 is 0 Å². The highest BCUT2D eigenvalue weighted by Gasteiger charge is 2.23. The van der Waals surface area contributed by atoms with Gasteiger partial charge in [0.15, 0.2) is 17.0 Å². The smallest absolute Gasteiger partial charge is 0.328 e. The van der Waals surface area contributed by atoms with Crippen molar-refractivity contribution in [2.45, 2.75) is 31.8 Å². The van der Waals surface area contributed by atoms with E-state index in [2.05, 4.69) is 59.9 Å². The van der Waals surface area contributed by atoms with Crippen molar-refractivity contribution in [3.05, 3.63) is 36.2 Å². The highest BCUT2D eigenvalue weighted by Crippen LogP contribution is 2.24. The molecule has 1 saturated heterocycles. The number of rotatable bonds is 6. The van der Waals surface area contributed by atoms with E-state index in [1.54, 1.807) is 7.05 Å². The van der Waals surface area contributed by atoms with Crippen molar-refractivity contribution in [1.29, 1.82) is 0 Å². The van der Waals surface area contributed by atoms with Gasteiger partial charge in [0.05, 0.1) is 0 Å². The number of amides is 1. The lowest BCUT2D eigenvalue weighted by atomic mass is 9.93. The number of benzene rings is 1. The van der Waals surface area contributed by atoms with Gasteiger partial charge < -0.3 is 20.9 Å². The normalized spacial score (nSPS) is 17.6. The summed E-state index contributed by atoms with van der Waals surface area (Å²) in [6, 6.07) is 8.35. The number of nitrogens with one attached hydrogen (secondary N) is 3. The van der Waals surface area contributed by atoms with Gasteiger partial charge in [0, 0.05) is 51.5 Å². The van der Waals surface area contributed by atoms with Gasteiger partial charge in [0.25, 0.3) is 0 Å². The molecule has 2 aromatic heterocycles. The Kier molecular flexibility index (Phi) is 6.10. The first-order valence-electron chi connectivity index (χ1n) is 11.6. The molecule has 10 heteroatoms. The van der Waals surface area contributed by atoms with Crippen LogP contribution in [0.25, 0.3) is 11.2 Å². The summed E-state index contributed by atoms with van der Waals surface area (Å²) in [5.74, 6) is 0.994. The van der Waals surface area contributed by atoms with Gasteiger partial charge in [-0.1, -0.05) is 12.1 Å². The van der Waals surface area contributed by atoms with Gasteiger partial charge in [-0.3, -0.25) is 4.90 Å². The molecule has 0 spiro atoms. The molecule has 3 heterocycles. The Morgan fingerprint density at radius 3 is 2.70 bits per heavy atom. The molecule has 3 N–H and O–H groups in total. The Hall–Kier alpha value is -3.24. The number of imidazole rings is 1. The molecular weight excluding hydrogens is 418 g/mol. The average molecular weight is 450 g/mol. The van der Waals surface area contributed by atoms with Gasteiger partial charge in [-0.2, -0.15) is 9.97 Å². The second kappa shape index (κ2) is 9.32. The zero-order valence-corrected chi connectivity index (χ0v) is 19.2. The molecule has 2 fully saturated rings. The van der Waals surface area contributed by atoms with Crippen LogP contribution in [0.1, 0.15) is 24.8 Å². The summed E-state index contributed by atoms with van der Waals surface area (Å²) < 4.78 is 1.46. The molecule has 0 radical (unpaired) electrons. The highest BCUT2D eigenvalue weighted by molar-refractivity contribution is 5.92. The third kappa shape index (κ3) is 4.76. The van der Waals surface area contributed by atoms with E-state index in [-0.39, 0.29) is 12.1 Å². The minimum absolute atomic E-state index is 0.205. The predicted molar refractivity (Wildman–Crippen MR) is 129 cm³/mol. The number of piperazine rings is 1. The van der Waals surface area contributed by atoms with Crippen LogP contribution in [0.5, 0.6) is 0 Å². The van der Waals surface area contributed by atoms with Gasteiger partial charge in [-0.25, -0.2) is 14.3 Å². The maximum absolute atomic E-state index is 12.7. The van der Waals surface area contributed by atoms with E-state index in [0.717, 1.165) is 57.7 Å². The van der Waals surface area contributed by atoms with Crippen LogP contribution in [0.15, 0.2) is 30.6 Å². The molecule has 0 atom stereocenters. The molecule has 5 rings (SSSR count). The van der Waals surface area contributed by atoms with Crippen LogP contribution in [0.4, 0.5) is 22.2 Å². The number of carbonyl (C=O) groups is 1. The lowest BCUT2D eigenvalue weighted by Crippen LogP contribution is -2.43. The summed E-state index contributed by atoms with van der Waals surface area (Å²) in [5, 5.41) is 9.43. The second-order valence-electron chi connectivity index (χ2n) is 8.91. The number of fused-ring (bicyclic) bond motifs is 1. The van der Waals surface area contributed by atoms with Crippen LogP contribution < -0.4 is 16.0 Å². The average Bonchev–Trinajstić information content (AvgIpc) is 3.21. The van der Waals surface area contributed by atoms with Gasteiger partial charge in [-0.15, -0.1) is 0 Å². The maximum atomic E-state index is 12.7. The Morgan fingerprint density at radius 2 is 1.97 bits per heavy atom. The van der Waals surface area contributed by atoms with Gasteiger partial charge in [0.2, 0.25) is 5.95 Å². The standard InChI is InChI=1S/C23H31N9O/c1-24-20-19-21(32(15-25-19)23(33)27-17-6-4-7-17)29-22(28-20)26-18-8-3-5-16(13-18)14-31-11-9-30(2)10-12-31/h3,5,8,13,15,17H,4,6-7,9-12,14H2,1-2H3,(H,27,33)(H2,24,26,28,29). The summed E-state index contributed by atoms with van der Waals surface area (Å²) in [6.45, 7) is 5.26. The summed E-state index contributed by atoms with van der Waals surface area (Å²) in [7, 11) is 3.96. The molecular formula is C23H31N9O. The molecule has 1 amide bonds. The van der Waals surface area contributed by atoms with Crippen molar-refractivity contribution in [3.63, 3.8) is 0 Å². The number of carbonyl (C=O) groups excluding carboxylic acids is 1. The summed E-state index contributed by atoms with van der Waals surface area (Å²) in [6.07, 6.45) is 4.71. The SMILES string of the molecule is CNc1nc(Nc2cccc(CN3CCN(C)CC3)c2)nc2c1ncn2C(=O)NC1CCC1. The summed E-state index contributed by atoms with van der Waals surface area (Å²) >= 11 is 0. The molecule has 2 aliphatic rings. The zero-order chi connectivity index (χ0) is 22.8. The van der Waals surface area contributed by atoms with E-state index in [1.165, 1.54) is 16.5 Å². The van der Waals surface area contributed by atoms with E-state index in [9.17, 15) is 4.79 Å². The molecule has 1 aliphatic heterocycles. The third-order valence-electron chi connectivity index (χ3n) is 6.47. The molecule has 1 saturated carbocycles. The van der Waals surface area contributed by atoms with Gasteiger partial charge >= 0.3 is 6.03 Å². The van der Waals surface area contributed by atoms with Gasteiger partial charge in [-0.05, 0) is 44.0 Å². The van der Waals surface area contributed by atoms with Crippen LogP contribution in [0, 0.1) is 0 Å². The molecule has 0 unspecified atom stereocenters. The van der Waals surface area contributed by atoms with Crippen LogP contribution in [0.2, 0.25) is 0 Å². The fraction of sp³-hybridized carbons (Fsp3) is 0.478. The second-order valence-corrected chi connectivity index (χ2v) is 8.91. The summed E-state index contributed by atoms with van der Waals surface area (Å²) in [5.41, 5.74) is 3.19. The predicted octanol–water partition coefficient (Wildman–Crippen LogP) is 2.47. The minimum Gasteiger partial charge on any atom is -0.371 e. The van der Waals surface area contributed by atoms with E-state index in [0.29, 0.717) is 22.9 Å². The molecule has 0 bridgehead atoms. The van der Waals surface area contributed by atoms with Crippen molar-refractivity contribution in [3.8, 4) is 0 Å². The molecule has 1 aliphatic carbocycles. The Balaban J connectivity index is 1.36. The van der Waals surface area contributed by atoms with Crippen LogP contribution in [-0.4, -0.2) is 81.7 Å². The molecule has 3 aromatic rings. The van der Waals surface area contributed by atoms with Crippen molar-refractivity contribution in [2.24, 2.45) is 0 Å². The quantitative estimate of drug-likeness (QED) is 0.527. The van der Waals surface area contributed by atoms with Crippen molar-refractivity contribution < 1.29 is 4.79 Å². The van der Waals surface area contributed by atoms with E-state index in [1.807, 2.05) is 12.1 Å². The first-order valence-corrected chi connectivity index (χ1v) is 11.6. The first-order chi connectivity index (χ1) is 16.1. The lowest BCUT2D eigenvalue weighted by Gasteiger charge is -2.32. The number of hydrogen-bond acceptors (Lipinski definition) is 8. The topological polar surface area (TPSA) is 103 Å². The number of likely N-dealkylation sites (N-methyl/N-ethyl adjacent to an activating group) is 1. The summed E-state index contributed by atoms with van der Waals surface area (Å²) in [4.78, 5) is 31.2. The van der Waals surface area contributed by atoms with Crippen molar-refractivity contribution >= 4 is 34.6 Å². The maximum Gasteiger partial charge on any atom is 0.328 e. The van der Waals surface area contributed by atoms with Crippen LogP contribution in [-0.2, 0) is 6.54 Å². The van der Waals surface area contributed by atoms with Crippen LogP contribution in [0.3, 0.4) is 0 Å². The van der Waals surface area contributed by atoms with Crippen molar-refractivity contribution in [2.75, 3.05) is 50.9 Å². The van der Waals surface area contributed by atoms with E-state index in [4.69, 9.17) is 0 Å². The Morgan fingerprint density at radius 1 is 1.15 bits per heavy atom. The zero-order valence-electron chi connectivity index (χ0n) is 19.2. The molecule has 174 valence electrons. The molecule has 1 aromatic carbocycles. The Bertz CT molecular complexity index is 1130. The number of nitrogens with zero attached hydrogens (tertiary/aromatic N) is 6. The highest BCUT2D eigenvalue weighted by atomic mass is 16.2. The third-order valence-corrected chi connectivity index (χ3v) is 6.47. The van der Waals surface area contributed by atoms with E-state index >= 15 is 0 Å². The number of aromatic nitrogens is 4. The van der Waals surface area contributed by atoms with Crippen molar-refractivity contribution in [1.82, 2.24) is 34.6 Å². The minimum atomic E-state index is -0.205. The lowest BCUT2D eigenvalue weighted by molar-refractivity contribution is 0.148. The first kappa shape index (κ1) is 21.6. The Labute approximate surface area is 193 Å². The fourth-order valence-corrected chi connectivity index (χ4v) is 4.22. The molecule has 33 heavy (non-hydrogen) atoms. The van der Waals surface area contributed by atoms with Crippen LogP contribution >= 0.6 is 0 Å². The van der Waals surface area contributed by atoms with Gasteiger partial charge in [0.1, 0.15) is 6.33 Å². The number of hydrogen-bond donors (Lipinski definition) is 3.